The van der Waals surface area contributed by atoms with Crippen LogP contribution in [0, 0.1) is 0 Å². The van der Waals surface area contributed by atoms with Gasteiger partial charge in [0.1, 0.15) is 6.04 Å². The maximum atomic E-state index is 12.1. The first-order chi connectivity index (χ1) is 7.29. The van der Waals surface area contributed by atoms with E-state index < -0.39 is 0 Å². The van der Waals surface area contributed by atoms with Crippen LogP contribution < -0.4 is 0 Å². The van der Waals surface area contributed by atoms with Gasteiger partial charge in [0.25, 0.3) is 0 Å². The van der Waals surface area contributed by atoms with Crippen LogP contribution in [0.5, 0.6) is 0 Å². The molecular formula is C11H20FNO2. The molecule has 0 amide bonds. The fourth-order valence-corrected chi connectivity index (χ4v) is 2.03. The number of hydrogen-bond donors (Lipinski definition) is 0. The van der Waals surface area contributed by atoms with Crippen LogP contribution in [0.3, 0.4) is 0 Å². The highest BCUT2D eigenvalue weighted by molar-refractivity contribution is 5.75. The van der Waals surface area contributed by atoms with E-state index in [0.717, 1.165) is 25.8 Å². The van der Waals surface area contributed by atoms with Crippen molar-refractivity contribution in [2.45, 2.75) is 38.6 Å². The van der Waals surface area contributed by atoms with E-state index in [-0.39, 0.29) is 18.7 Å². The molecule has 0 saturated carbocycles. The summed E-state index contributed by atoms with van der Waals surface area (Å²) < 4.78 is 17.1. The molecule has 15 heavy (non-hydrogen) atoms. The number of alkyl halides is 1. The fraction of sp³-hybridized carbons (Fsp3) is 0.909. The van der Waals surface area contributed by atoms with Gasteiger partial charge in [-0.05, 0) is 32.7 Å². The number of hydrogen-bond acceptors (Lipinski definition) is 3. The van der Waals surface area contributed by atoms with Crippen molar-refractivity contribution in [2.24, 2.45) is 0 Å². The average Bonchev–Trinajstić information content (AvgIpc) is 2.27. The quantitative estimate of drug-likeness (QED) is 0.657. The van der Waals surface area contributed by atoms with Crippen molar-refractivity contribution in [2.75, 3.05) is 26.4 Å². The molecule has 0 radical (unpaired) electrons. The molecule has 1 saturated heterocycles. The van der Waals surface area contributed by atoms with E-state index in [1.165, 1.54) is 0 Å². The Morgan fingerprint density at radius 1 is 1.53 bits per heavy atom. The van der Waals surface area contributed by atoms with Crippen LogP contribution in [0.1, 0.15) is 32.6 Å². The molecule has 0 aromatic carbocycles. The summed E-state index contributed by atoms with van der Waals surface area (Å²) in [6, 6.07) is -0.134. The monoisotopic (exact) mass is 217 g/mol. The largest absolute Gasteiger partial charge is 0.465 e. The third-order valence-corrected chi connectivity index (χ3v) is 2.75. The van der Waals surface area contributed by atoms with Crippen LogP contribution in [0.15, 0.2) is 0 Å². The molecule has 1 fully saturated rings. The number of nitrogens with zero attached hydrogens (tertiary/aromatic N) is 1. The molecule has 1 aliphatic heterocycles. The summed E-state index contributed by atoms with van der Waals surface area (Å²) >= 11 is 0. The summed E-state index contributed by atoms with van der Waals surface area (Å²) in [7, 11) is 0. The van der Waals surface area contributed by atoms with Gasteiger partial charge in [0.15, 0.2) is 0 Å². The highest BCUT2D eigenvalue weighted by Crippen LogP contribution is 2.18. The summed E-state index contributed by atoms with van der Waals surface area (Å²) in [4.78, 5) is 13.7. The van der Waals surface area contributed by atoms with Crippen molar-refractivity contribution in [3.05, 3.63) is 0 Å². The molecule has 0 spiro atoms. The first-order valence-electron chi connectivity index (χ1n) is 5.76. The standard InChI is InChI=1S/C11H20FNO2/c1-2-15-11(14)10-6-3-4-8-13(10)9-5-7-12/h10H,2-9H2,1H3. The van der Waals surface area contributed by atoms with E-state index in [1.54, 1.807) is 0 Å². The molecule has 1 unspecified atom stereocenters. The van der Waals surface area contributed by atoms with Gasteiger partial charge in [-0.25, -0.2) is 0 Å². The topological polar surface area (TPSA) is 29.5 Å². The maximum absolute atomic E-state index is 12.1. The normalized spacial score (nSPS) is 22.7. The Morgan fingerprint density at radius 2 is 2.33 bits per heavy atom. The zero-order valence-electron chi connectivity index (χ0n) is 9.38. The first-order valence-corrected chi connectivity index (χ1v) is 5.76. The highest BCUT2D eigenvalue weighted by atomic mass is 19.1. The average molecular weight is 217 g/mol. The minimum absolute atomic E-state index is 0.134. The predicted octanol–water partition coefficient (Wildman–Crippen LogP) is 1.76. The Morgan fingerprint density at radius 3 is 3.00 bits per heavy atom. The molecule has 1 aliphatic rings. The number of carbonyl (C=O) groups excluding carboxylic acids is 1. The van der Waals surface area contributed by atoms with E-state index >= 15 is 0 Å². The van der Waals surface area contributed by atoms with Crippen LogP contribution in [-0.4, -0.2) is 43.3 Å². The molecule has 0 aliphatic carbocycles. The van der Waals surface area contributed by atoms with Crippen molar-refractivity contribution in [3.8, 4) is 0 Å². The molecule has 1 atom stereocenters. The number of likely N-dealkylation sites (tertiary alicyclic amines) is 1. The molecule has 0 bridgehead atoms. The summed E-state index contributed by atoms with van der Waals surface area (Å²) in [5.74, 6) is -0.143. The molecule has 3 nitrogen and oxygen atoms in total. The highest BCUT2D eigenvalue weighted by Gasteiger charge is 2.29. The van der Waals surface area contributed by atoms with Gasteiger partial charge >= 0.3 is 5.97 Å². The van der Waals surface area contributed by atoms with E-state index in [2.05, 4.69) is 4.90 Å². The summed E-state index contributed by atoms with van der Waals surface area (Å²) in [5.41, 5.74) is 0. The lowest BCUT2D eigenvalue weighted by atomic mass is 10.0. The van der Waals surface area contributed by atoms with Crippen LogP contribution in [0.4, 0.5) is 4.39 Å². The number of ether oxygens (including phenoxy) is 1. The maximum Gasteiger partial charge on any atom is 0.323 e. The number of esters is 1. The zero-order valence-corrected chi connectivity index (χ0v) is 9.38. The van der Waals surface area contributed by atoms with Crippen molar-refractivity contribution >= 4 is 5.97 Å². The van der Waals surface area contributed by atoms with Crippen LogP contribution in [0.25, 0.3) is 0 Å². The molecular weight excluding hydrogens is 197 g/mol. The second kappa shape index (κ2) is 6.77. The molecule has 4 heteroatoms. The number of rotatable bonds is 5. The van der Waals surface area contributed by atoms with Crippen molar-refractivity contribution in [1.82, 2.24) is 4.90 Å². The lowest BCUT2D eigenvalue weighted by Crippen LogP contribution is -2.45. The second-order valence-corrected chi connectivity index (χ2v) is 3.84. The molecule has 0 aromatic rings. The zero-order chi connectivity index (χ0) is 11.1. The predicted molar refractivity (Wildman–Crippen MR) is 56.4 cm³/mol. The lowest BCUT2D eigenvalue weighted by molar-refractivity contribution is -0.150. The van der Waals surface area contributed by atoms with Gasteiger partial charge in [-0.15, -0.1) is 0 Å². The van der Waals surface area contributed by atoms with Crippen molar-refractivity contribution in [3.63, 3.8) is 0 Å². The van der Waals surface area contributed by atoms with E-state index in [1.807, 2.05) is 6.92 Å². The molecule has 0 N–H and O–H groups in total. The Labute approximate surface area is 90.6 Å². The fourth-order valence-electron chi connectivity index (χ4n) is 2.03. The van der Waals surface area contributed by atoms with E-state index in [4.69, 9.17) is 4.74 Å². The summed E-state index contributed by atoms with van der Waals surface area (Å²) in [6.07, 6.45) is 3.53. The lowest BCUT2D eigenvalue weighted by Gasteiger charge is -2.33. The Hall–Kier alpha value is -0.640. The van der Waals surface area contributed by atoms with Crippen LogP contribution in [0.2, 0.25) is 0 Å². The summed E-state index contributed by atoms with van der Waals surface area (Å²) in [6.45, 7) is 3.48. The van der Waals surface area contributed by atoms with Crippen molar-refractivity contribution < 1.29 is 13.9 Å². The molecule has 0 aromatic heterocycles. The summed E-state index contributed by atoms with van der Waals surface area (Å²) in [5, 5.41) is 0. The van der Waals surface area contributed by atoms with Gasteiger partial charge in [-0.2, -0.15) is 0 Å². The second-order valence-electron chi connectivity index (χ2n) is 3.84. The number of halogens is 1. The van der Waals surface area contributed by atoms with Gasteiger partial charge in [-0.3, -0.25) is 14.1 Å². The van der Waals surface area contributed by atoms with Crippen LogP contribution >= 0.6 is 0 Å². The van der Waals surface area contributed by atoms with Crippen LogP contribution in [-0.2, 0) is 9.53 Å². The van der Waals surface area contributed by atoms with Gasteiger partial charge < -0.3 is 4.74 Å². The van der Waals surface area contributed by atoms with Gasteiger partial charge in [0.2, 0.25) is 0 Å². The number of carbonyl (C=O) groups is 1. The Bertz CT molecular complexity index is 199. The minimum atomic E-state index is -0.313. The third-order valence-electron chi connectivity index (χ3n) is 2.75. The van der Waals surface area contributed by atoms with Gasteiger partial charge in [0.05, 0.1) is 13.3 Å². The SMILES string of the molecule is CCOC(=O)C1CCCCN1CCCF. The van der Waals surface area contributed by atoms with Gasteiger partial charge in [-0.1, -0.05) is 6.42 Å². The molecule has 1 rings (SSSR count). The molecule has 88 valence electrons. The molecule has 1 heterocycles. The van der Waals surface area contributed by atoms with E-state index in [0.29, 0.717) is 19.6 Å². The third kappa shape index (κ3) is 3.78. The van der Waals surface area contributed by atoms with Crippen molar-refractivity contribution in [1.29, 1.82) is 0 Å². The van der Waals surface area contributed by atoms with Gasteiger partial charge in [0, 0.05) is 6.54 Å². The Balaban J connectivity index is 2.45. The number of piperidine rings is 1. The smallest absolute Gasteiger partial charge is 0.323 e. The minimum Gasteiger partial charge on any atom is -0.465 e. The first kappa shape index (κ1) is 12.4. The van der Waals surface area contributed by atoms with E-state index in [9.17, 15) is 9.18 Å². The Kier molecular flexibility index (Phi) is 5.61.